The van der Waals surface area contributed by atoms with Crippen LogP contribution in [0.25, 0.3) is 0 Å². The van der Waals surface area contributed by atoms with Crippen molar-refractivity contribution in [2.75, 3.05) is 7.11 Å². The van der Waals surface area contributed by atoms with Gasteiger partial charge < -0.3 is 8.92 Å². The third-order valence-corrected chi connectivity index (χ3v) is 5.01. The molecule has 118 valence electrons. The maximum Gasteiger partial charge on any atom is 0.340 e. The Morgan fingerprint density at radius 2 is 1.64 bits per heavy atom. The van der Waals surface area contributed by atoms with Gasteiger partial charge in [0, 0.05) is 6.07 Å². The predicted octanol–water partition coefficient (Wildman–Crippen LogP) is 4.39. The molecule has 0 aliphatic heterocycles. The maximum atomic E-state index is 12.4. The third kappa shape index (κ3) is 3.48. The summed E-state index contributed by atoms with van der Waals surface area (Å²) in [6, 6.07) is 7.84. The van der Waals surface area contributed by atoms with Gasteiger partial charge in [0.15, 0.2) is 0 Å². The van der Waals surface area contributed by atoms with Crippen molar-refractivity contribution in [2.24, 2.45) is 0 Å². The van der Waals surface area contributed by atoms with Gasteiger partial charge in [-0.3, -0.25) is 0 Å². The van der Waals surface area contributed by atoms with Gasteiger partial charge in [0.1, 0.15) is 16.4 Å². The fourth-order valence-corrected chi connectivity index (χ4v) is 3.63. The zero-order valence-corrected chi connectivity index (χ0v) is 14.5. The molecule has 0 amide bonds. The Kier molecular flexibility index (Phi) is 4.90. The van der Waals surface area contributed by atoms with Crippen LogP contribution >= 0.6 is 23.2 Å². The largest absolute Gasteiger partial charge is 0.495 e. The predicted molar refractivity (Wildman–Crippen MR) is 86.7 cm³/mol. The SMILES string of the molecule is COc1cc(Cl)c(S(=O)(=O)Oc2cc(C)ccc2C)cc1Cl. The van der Waals surface area contributed by atoms with Crippen LogP contribution in [0.3, 0.4) is 0 Å². The molecule has 2 rings (SSSR count). The van der Waals surface area contributed by atoms with Crippen molar-refractivity contribution in [2.45, 2.75) is 18.7 Å². The topological polar surface area (TPSA) is 52.6 Å². The van der Waals surface area contributed by atoms with Gasteiger partial charge in [0.05, 0.1) is 17.2 Å². The molecule has 0 heterocycles. The quantitative estimate of drug-likeness (QED) is 0.758. The lowest BCUT2D eigenvalue weighted by molar-refractivity contribution is 0.414. The molecular formula is C15H14Cl2O4S. The van der Waals surface area contributed by atoms with Gasteiger partial charge in [-0.15, -0.1) is 0 Å². The molecule has 0 spiro atoms. The molecule has 2 aromatic rings. The number of rotatable bonds is 4. The summed E-state index contributed by atoms with van der Waals surface area (Å²) in [5, 5.41) is 0.113. The van der Waals surface area contributed by atoms with Crippen LogP contribution in [0.5, 0.6) is 11.5 Å². The van der Waals surface area contributed by atoms with Crippen LogP contribution in [0.2, 0.25) is 10.0 Å². The van der Waals surface area contributed by atoms with Gasteiger partial charge in [0.2, 0.25) is 0 Å². The Labute approximate surface area is 139 Å². The molecule has 0 radical (unpaired) electrons. The molecule has 22 heavy (non-hydrogen) atoms. The molecular weight excluding hydrogens is 347 g/mol. The lowest BCUT2D eigenvalue weighted by Gasteiger charge is -2.12. The normalized spacial score (nSPS) is 11.3. The first-order valence-corrected chi connectivity index (χ1v) is 8.46. The molecule has 7 heteroatoms. The summed E-state index contributed by atoms with van der Waals surface area (Å²) in [7, 11) is -2.69. The highest BCUT2D eigenvalue weighted by Crippen LogP contribution is 2.35. The molecule has 0 aromatic heterocycles. The molecule has 0 fully saturated rings. The minimum atomic E-state index is -4.10. The first kappa shape index (κ1) is 16.9. The van der Waals surface area contributed by atoms with Crippen molar-refractivity contribution in [3.05, 3.63) is 51.5 Å². The highest BCUT2D eigenvalue weighted by atomic mass is 35.5. The van der Waals surface area contributed by atoms with E-state index in [0.29, 0.717) is 5.56 Å². The Morgan fingerprint density at radius 3 is 2.27 bits per heavy atom. The van der Waals surface area contributed by atoms with E-state index in [4.69, 9.17) is 32.1 Å². The van der Waals surface area contributed by atoms with Gasteiger partial charge in [-0.2, -0.15) is 8.42 Å². The van der Waals surface area contributed by atoms with Gasteiger partial charge in [-0.25, -0.2) is 0 Å². The number of halogens is 2. The van der Waals surface area contributed by atoms with E-state index in [2.05, 4.69) is 0 Å². The van der Waals surface area contributed by atoms with Crippen LogP contribution < -0.4 is 8.92 Å². The molecule has 0 saturated heterocycles. The number of methoxy groups -OCH3 is 1. The smallest absolute Gasteiger partial charge is 0.340 e. The summed E-state index contributed by atoms with van der Waals surface area (Å²) in [6.45, 7) is 3.60. The van der Waals surface area contributed by atoms with Crippen molar-refractivity contribution < 1.29 is 17.3 Å². The molecule has 0 aliphatic carbocycles. The van der Waals surface area contributed by atoms with Gasteiger partial charge in [-0.05, 0) is 37.1 Å². The molecule has 0 atom stereocenters. The van der Waals surface area contributed by atoms with E-state index in [1.54, 1.807) is 19.1 Å². The fraction of sp³-hybridized carbons (Fsp3) is 0.200. The van der Waals surface area contributed by atoms with Crippen LogP contribution in [-0.2, 0) is 10.1 Å². The van der Waals surface area contributed by atoms with Crippen LogP contribution in [0.15, 0.2) is 35.2 Å². The Hall–Kier alpha value is -1.43. The second kappa shape index (κ2) is 6.36. The van der Waals surface area contributed by atoms with Crippen molar-refractivity contribution in [3.63, 3.8) is 0 Å². The molecule has 0 unspecified atom stereocenters. The van der Waals surface area contributed by atoms with Gasteiger partial charge in [0.25, 0.3) is 0 Å². The number of aryl methyl sites for hydroxylation is 2. The summed E-state index contributed by atoms with van der Waals surface area (Å²) in [5.41, 5.74) is 1.58. The minimum absolute atomic E-state index is 0.0217. The summed E-state index contributed by atoms with van der Waals surface area (Å²) < 4.78 is 35.1. The standard InChI is InChI=1S/C15H14Cl2O4S/c1-9-4-5-10(2)13(6-9)21-22(18,19)15-8-11(16)14(20-3)7-12(15)17/h4-8H,1-3H3. The summed E-state index contributed by atoms with van der Waals surface area (Å²) in [4.78, 5) is -0.208. The van der Waals surface area contributed by atoms with Gasteiger partial charge in [-0.1, -0.05) is 35.3 Å². The Balaban J connectivity index is 2.47. The van der Waals surface area contributed by atoms with Crippen LogP contribution in [-0.4, -0.2) is 15.5 Å². The summed E-state index contributed by atoms with van der Waals surface area (Å²) in [5.74, 6) is 0.542. The van der Waals surface area contributed by atoms with Crippen LogP contribution in [0, 0.1) is 13.8 Å². The number of benzene rings is 2. The van der Waals surface area contributed by atoms with Crippen molar-refractivity contribution in [3.8, 4) is 11.5 Å². The number of hydrogen-bond acceptors (Lipinski definition) is 4. The van der Waals surface area contributed by atoms with Crippen LogP contribution in [0.1, 0.15) is 11.1 Å². The average molecular weight is 361 g/mol. The van der Waals surface area contributed by atoms with E-state index in [-0.39, 0.29) is 26.4 Å². The fourth-order valence-electron chi connectivity index (χ4n) is 1.82. The average Bonchev–Trinajstić information content (AvgIpc) is 2.44. The zero-order valence-electron chi connectivity index (χ0n) is 12.2. The van der Waals surface area contributed by atoms with Crippen LogP contribution in [0.4, 0.5) is 0 Å². The van der Waals surface area contributed by atoms with Crippen molar-refractivity contribution in [1.82, 2.24) is 0 Å². The molecule has 0 saturated carbocycles. The molecule has 0 N–H and O–H groups in total. The summed E-state index contributed by atoms with van der Waals surface area (Å²) in [6.07, 6.45) is 0. The second-order valence-electron chi connectivity index (χ2n) is 4.72. The van der Waals surface area contributed by atoms with Gasteiger partial charge >= 0.3 is 10.1 Å². The van der Waals surface area contributed by atoms with E-state index < -0.39 is 10.1 Å². The maximum absolute atomic E-state index is 12.4. The first-order chi connectivity index (χ1) is 10.2. The number of hydrogen-bond donors (Lipinski definition) is 0. The summed E-state index contributed by atoms with van der Waals surface area (Å²) >= 11 is 12.0. The number of ether oxygens (including phenoxy) is 1. The van der Waals surface area contributed by atoms with E-state index in [9.17, 15) is 8.42 Å². The lowest BCUT2D eigenvalue weighted by atomic mass is 10.1. The zero-order chi connectivity index (χ0) is 16.5. The lowest BCUT2D eigenvalue weighted by Crippen LogP contribution is -2.11. The van der Waals surface area contributed by atoms with Crippen molar-refractivity contribution in [1.29, 1.82) is 0 Å². The highest BCUT2D eigenvalue weighted by molar-refractivity contribution is 7.87. The molecule has 2 aromatic carbocycles. The van der Waals surface area contributed by atoms with E-state index in [0.717, 1.165) is 5.56 Å². The second-order valence-corrected chi connectivity index (χ2v) is 7.05. The van der Waals surface area contributed by atoms with E-state index in [1.165, 1.54) is 19.2 Å². The highest BCUT2D eigenvalue weighted by Gasteiger charge is 2.23. The molecule has 0 aliphatic rings. The van der Waals surface area contributed by atoms with E-state index in [1.807, 2.05) is 13.0 Å². The minimum Gasteiger partial charge on any atom is -0.495 e. The molecule has 4 nitrogen and oxygen atoms in total. The molecule has 0 bridgehead atoms. The Bertz CT molecular complexity index is 817. The monoisotopic (exact) mass is 360 g/mol. The van der Waals surface area contributed by atoms with E-state index >= 15 is 0 Å². The first-order valence-electron chi connectivity index (χ1n) is 6.29. The third-order valence-electron chi connectivity index (χ3n) is 3.02. The Morgan fingerprint density at radius 1 is 0.955 bits per heavy atom. The van der Waals surface area contributed by atoms with Crippen molar-refractivity contribution >= 4 is 33.3 Å².